The number of primary amides is 1. The Labute approximate surface area is 104 Å². The van der Waals surface area contributed by atoms with Crippen LogP contribution in [0.2, 0.25) is 0 Å². The predicted octanol–water partition coefficient (Wildman–Crippen LogP) is -0.330. The molecule has 3 N–H and O–H groups in total. The third-order valence-electron chi connectivity index (χ3n) is 3.74. The molecule has 2 fully saturated rings. The van der Waals surface area contributed by atoms with Crippen LogP contribution in [0, 0.1) is 11.8 Å². The molecule has 2 aliphatic rings. The van der Waals surface area contributed by atoms with E-state index in [9.17, 15) is 9.59 Å². The van der Waals surface area contributed by atoms with E-state index in [4.69, 9.17) is 10.2 Å². The van der Waals surface area contributed by atoms with Crippen LogP contribution >= 0.6 is 0 Å². The lowest BCUT2D eigenvalue weighted by Gasteiger charge is -2.15. The molecule has 96 valence electrons. The summed E-state index contributed by atoms with van der Waals surface area (Å²) in [5.74, 6) is 0.489. The Morgan fingerprint density at radius 1 is 1.22 bits per heavy atom. The molecule has 6 nitrogen and oxygen atoms in total. The highest BCUT2D eigenvalue weighted by Gasteiger charge is 2.38. The van der Waals surface area contributed by atoms with Crippen molar-refractivity contribution >= 4 is 11.8 Å². The molecule has 3 heterocycles. The summed E-state index contributed by atoms with van der Waals surface area (Å²) in [5.41, 5.74) is 5.09. The summed E-state index contributed by atoms with van der Waals surface area (Å²) >= 11 is 0. The van der Waals surface area contributed by atoms with E-state index in [0.717, 1.165) is 26.2 Å². The lowest BCUT2D eigenvalue weighted by Crippen LogP contribution is -2.31. The second kappa shape index (κ2) is 4.13. The molecule has 2 unspecified atom stereocenters. The van der Waals surface area contributed by atoms with Gasteiger partial charge >= 0.3 is 0 Å². The van der Waals surface area contributed by atoms with Crippen molar-refractivity contribution in [2.75, 3.05) is 26.2 Å². The van der Waals surface area contributed by atoms with Crippen molar-refractivity contribution < 1.29 is 14.0 Å². The van der Waals surface area contributed by atoms with Gasteiger partial charge in [-0.3, -0.25) is 9.59 Å². The highest BCUT2D eigenvalue weighted by Crippen LogP contribution is 2.27. The van der Waals surface area contributed by atoms with Gasteiger partial charge in [0.05, 0.1) is 0 Å². The third-order valence-corrected chi connectivity index (χ3v) is 3.74. The molecule has 2 atom stereocenters. The second-order valence-corrected chi connectivity index (χ2v) is 4.92. The van der Waals surface area contributed by atoms with Gasteiger partial charge in [0.2, 0.25) is 0 Å². The van der Waals surface area contributed by atoms with Crippen molar-refractivity contribution in [1.29, 1.82) is 0 Å². The summed E-state index contributed by atoms with van der Waals surface area (Å²) in [6, 6.07) is 2.95. The number of likely N-dealkylation sites (tertiary alicyclic amines) is 1. The molecule has 1 aromatic heterocycles. The Morgan fingerprint density at radius 3 is 2.39 bits per heavy atom. The first-order chi connectivity index (χ1) is 8.65. The molecule has 0 radical (unpaired) electrons. The van der Waals surface area contributed by atoms with Crippen LogP contribution in [0.15, 0.2) is 16.5 Å². The van der Waals surface area contributed by atoms with Gasteiger partial charge in [-0.15, -0.1) is 0 Å². The molecule has 2 saturated heterocycles. The number of fused-ring (bicyclic) bond motifs is 1. The van der Waals surface area contributed by atoms with Crippen molar-refractivity contribution in [2.24, 2.45) is 17.6 Å². The van der Waals surface area contributed by atoms with Crippen molar-refractivity contribution in [1.82, 2.24) is 10.2 Å². The minimum atomic E-state index is -0.656. The van der Waals surface area contributed by atoms with E-state index >= 15 is 0 Å². The molecule has 18 heavy (non-hydrogen) atoms. The molecule has 1 aromatic rings. The van der Waals surface area contributed by atoms with Crippen LogP contribution in [0.1, 0.15) is 21.1 Å². The van der Waals surface area contributed by atoms with Crippen molar-refractivity contribution in [3.63, 3.8) is 0 Å². The molecule has 2 amide bonds. The van der Waals surface area contributed by atoms with Crippen molar-refractivity contribution in [2.45, 2.75) is 0 Å². The van der Waals surface area contributed by atoms with Gasteiger partial charge < -0.3 is 20.4 Å². The number of nitrogens with two attached hydrogens (primary N) is 1. The van der Waals surface area contributed by atoms with Gasteiger partial charge in [0.1, 0.15) is 0 Å². The lowest BCUT2D eigenvalue weighted by molar-refractivity contribution is 0.0747. The third kappa shape index (κ3) is 1.78. The molecular weight excluding hydrogens is 234 g/mol. The number of carbonyl (C=O) groups excluding carboxylic acids is 2. The number of amides is 2. The quantitative estimate of drug-likeness (QED) is 0.751. The first-order valence-electron chi connectivity index (χ1n) is 6.05. The Kier molecular flexibility index (Phi) is 2.59. The summed E-state index contributed by atoms with van der Waals surface area (Å²) in [5, 5.41) is 3.32. The van der Waals surface area contributed by atoms with Crippen molar-refractivity contribution in [3.8, 4) is 0 Å². The fourth-order valence-electron chi connectivity index (χ4n) is 2.76. The maximum absolute atomic E-state index is 12.2. The fourth-order valence-corrected chi connectivity index (χ4v) is 2.76. The molecule has 6 heteroatoms. The lowest BCUT2D eigenvalue weighted by atomic mass is 10.0. The van der Waals surface area contributed by atoms with E-state index in [1.54, 1.807) is 4.90 Å². The zero-order valence-electron chi connectivity index (χ0n) is 9.89. The summed E-state index contributed by atoms with van der Waals surface area (Å²) < 4.78 is 5.16. The van der Waals surface area contributed by atoms with Gasteiger partial charge in [-0.1, -0.05) is 0 Å². The molecular formula is C12H15N3O3. The zero-order valence-corrected chi connectivity index (χ0v) is 9.89. The summed E-state index contributed by atoms with van der Waals surface area (Å²) in [6.07, 6.45) is 0. The van der Waals surface area contributed by atoms with Crippen LogP contribution in [-0.2, 0) is 0 Å². The molecule has 3 rings (SSSR count). The van der Waals surface area contributed by atoms with Crippen LogP contribution in [0.3, 0.4) is 0 Å². The van der Waals surface area contributed by atoms with E-state index in [1.165, 1.54) is 12.1 Å². The van der Waals surface area contributed by atoms with Gasteiger partial charge in [0.15, 0.2) is 11.5 Å². The van der Waals surface area contributed by atoms with E-state index in [-0.39, 0.29) is 17.4 Å². The van der Waals surface area contributed by atoms with Crippen molar-refractivity contribution in [3.05, 3.63) is 23.7 Å². The Morgan fingerprint density at radius 2 is 1.83 bits per heavy atom. The number of furan rings is 1. The van der Waals surface area contributed by atoms with E-state index < -0.39 is 5.91 Å². The van der Waals surface area contributed by atoms with Gasteiger partial charge in [0, 0.05) is 26.2 Å². The van der Waals surface area contributed by atoms with Crippen LogP contribution in [0.4, 0.5) is 0 Å². The minimum absolute atomic E-state index is 0.0272. The Balaban J connectivity index is 1.72. The van der Waals surface area contributed by atoms with Crippen LogP contribution in [0.5, 0.6) is 0 Å². The summed E-state index contributed by atoms with van der Waals surface area (Å²) in [6.45, 7) is 3.45. The fraction of sp³-hybridized carbons (Fsp3) is 0.500. The largest absolute Gasteiger partial charge is 0.446 e. The monoisotopic (exact) mass is 249 g/mol. The number of hydrogen-bond donors (Lipinski definition) is 2. The van der Waals surface area contributed by atoms with Gasteiger partial charge in [-0.05, 0) is 24.0 Å². The zero-order chi connectivity index (χ0) is 12.7. The standard InChI is InChI=1S/C12H15N3O3/c13-11(16)9-1-2-10(18-9)12(17)15-5-7-3-14-4-8(7)6-15/h1-2,7-8,14H,3-6H2,(H2,13,16). The number of carbonyl (C=O) groups is 2. The molecule has 2 aliphatic heterocycles. The summed E-state index contributed by atoms with van der Waals surface area (Å²) in [7, 11) is 0. The van der Waals surface area contributed by atoms with Crippen LogP contribution < -0.4 is 11.1 Å². The number of rotatable bonds is 2. The highest BCUT2D eigenvalue weighted by molar-refractivity contribution is 5.95. The number of nitrogens with one attached hydrogen (secondary N) is 1. The predicted molar refractivity (Wildman–Crippen MR) is 63.0 cm³/mol. The normalized spacial score (nSPS) is 26.3. The average Bonchev–Trinajstić information content (AvgIpc) is 3.02. The minimum Gasteiger partial charge on any atom is -0.446 e. The molecule has 0 spiro atoms. The number of hydrogen-bond acceptors (Lipinski definition) is 4. The molecule has 0 saturated carbocycles. The maximum Gasteiger partial charge on any atom is 0.289 e. The van der Waals surface area contributed by atoms with E-state index in [0.29, 0.717) is 11.8 Å². The maximum atomic E-state index is 12.2. The Bertz CT molecular complexity index is 485. The topological polar surface area (TPSA) is 88.6 Å². The molecule has 0 aliphatic carbocycles. The SMILES string of the molecule is NC(=O)c1ccc(C(=O)N2CC3CNCC3C2)o1. The van der Waals surface area contributed by atoms with E-state index in [1.807, 2.05) is 0 Å². The first-order valence-corrected chi connectivity index (χ1v) is 6.05. The number of nitrogens with zero attached hydrogens (tertiary/aromatic N) is 1. The van der Waals surface area contributed by atoms with E-state index in [2.05, 4.69) is 5.32 Å². The first kappa shape index (κ1) is 11.3. The van der Waals surface area contributed by atoms with Gasteiger partial charge in [0.25, 0.3) is 11.8 Å². The summed E-state index contributed by atoms with van der Waals surface area (Å²) in [4.78, 5) is 24.9. The highest BCUT2D eigenvalue weighted by atomic mass is 16.4. The molecule has 0 bridgehead atoms. The Hall–Kier alpha value is -1.82. The van der Waals surface area contributed by atoms with Gasteiger partial charge in [-0.25, -0.2) is 0 Å². The van der Waals surface area contributed by atoms with Gasteiger partial charge in [-0.2, -0.15) is 0 Å². The van der Waals surface area contributed by atoms with Crippen LogP contribution in [0.25, 0.3) is 0 Å². The second-order valence-electron chi connectivity index (χ2n) is 4.92. The van der Waals surface area contributed by atoms with Crippen LogP contribution in [-0.4, -0.2) is 42.9 Å². The average molecular weight is 249 g/mol. The molecule has 0 aromatic carbocycles. The smallest absolute Gasteiger partial charge is 0.289 e.